The maximum Gasteiger partial charge on any atom is 0.239 e. The van der Waals surface area contributed by atoms with Crippen molar-refractivity contribution in [1.29, 1.82) is 0 Å². The number of hydrogen-bond donors (Lipinski definition) is 1. The van der Waals surface area contributed by atoms with Crippen LogP contribution in [-0.2, 0) is 11.3 Å². The van der Waals surface area contributed by atoms with Gasteiger partial charge in [-0.2, -0.15) is 0 Å². The van der Waals surface area contributed by atoms with Gasteiger partial charge in [-0.3, -0.25) is 9.36 Å². The molecule has 1 saturated heterocycles. The Morgan fingerprint density at radius 2 is 2.10 bits per heavy atom. The first-order valence-corrected chi connectivity index (χ1v) is 7.24. The number of aromatic nitrogens is 2. The zero-order valence-electron chi connectivity index (χ0n) is 12.4. The first-order valence-electron chi connectivity index (χ1n) is 7.24. The Morgan fingerprint density at radius 1 is 1.33 bits per heavy atom. The average Bonchev–Trinajstić information content (AvgIpc) is 3.02. The van der Waals surface area contributed by atoms with Gasteiger partial charge in [0.15, 0.2) is 0 Å². The van der Waals surface area contributed by atoms with E-state index in [1.54, 1.807) is 4.90 Å². The van der Waals surface area contributed by atoms with Gasteiger partial charge in [-0.15, -0.1) is 0 Å². The molecule has 0 aliphatic carbocycles. The van der Waals surface area contributed by atoms with Crippen LogP contribution in [0.5, 0.6) is 0 Å². The summed E-state index contributed by atoms with van der Waals surface area (Å²) in [6.07, 6.45) is 2.74. The molecule has 1 N–H and O–H groups in total. The number of hydrogen-bond acceptors (Lipinski definition) is 3. The molecule has 1 aliphatic heterocycles. The van der Waals surface area contributed by atoms with Crippen molar-refractivity contribution in [1.82, 2.24) is 19.8 Å². The van der Waals surface area contributed by atoms with E-state index in [2.05, 4.69) is 27.0 Å². The number of para-hydroxylation sites is 1. The average molecular weight is 284 g/mol. The van der Waals surface area contributed by atoms with E-state index in [9.17, 15) is 4.79 Å². The molecule has 1 amide bonds. The van der Waals surface area contributed by atoms with Gasteiger partial charge in [-0.05, 0) is 25.5 Å². The second-order valence-corrected chi connectivity index (χ2v) is 5.45. The number of aryl methyl sites for hydroxylation is 1. The van der Waals surface area contributed by atoms with Crippen LogP contribution in [0.2, 0.25) is 0 Å². The smallest absolute Gasteiger partial charge is 0.239 e. The maximum absolute atomic E-state index is 11.9. The largest absolute Gasteiger partial charge is 0.344 e. The van der Waals surface area contributed by atoms with Crippen LogP contribution in [0.25, 0.3) is 5.69 Å². The van der Waals surface area contributed by atoms with Crippen molar-refractivity contribution < 1.29 is 4.79 Å². The molecule has 1 atom stereocenters. The molecule has 5 nitrogen and oxygen atoms in total. The van der Waals surface area contributed by atoms with Gasteiger partial charge in [-0.25, -0.2) is 4.98 Å². The highest BCUT2D eigenvalue weighted by Crippen LogP contribution is 2.15. The fourth-order valence-electron chi connectivity index (χ4n) is 2.79. The molecule has 2 heterocycles. The van der Waals surface area contributed by atoms with Crippen LogP contribution in [0.15, 0.2) is 36.5 Å². The topological polar surface area (TPSA) is 50.2 Å². The monoisotopic (exact) mass is 284 g/mol. The summed E-state index contributed by atoms with van der Waals surface area (Å²) >= 11 is 0. The number of amides is 1. The van der Waals surface area contributed by atoms with E-state index >= 15 is 0 Å². The summed E-state index contributed by atoms with van der Waals surface area (Å²) in [7, 11) is 1.85. The van der Waals surface area contributed by atoms with Gasteiger partial charge in [0.2, 0.25) is 5.91 Å². The summed E-state index contributed by atoms with van der Waals surface area (Å²) in [6, 6.07) is 10.1. The van der Waals surface area contributed by atoms with Gasteiger partial charge in [0.05, 0.1) is 17.9 Å². The molecule has 0 radical (unpaired) electrons. The van der Waals surface area contributed by atoms with E-state index in [0.29, 0.717) is 6.54 Å². The highest BCUT2D eigenvalue weighted by atomic mass is 16.2. The van der Waals surface area contributed by atoms with Crippen molar-refractivity contribution in [3.8, 4) is 5.69 Å². The Labute approximate surface area is 124 Å². The standard InChI is InChI=1S/C16H20N4O/c1-12-17-10-14(20(12)13-6-4-3-5-7-13)11-18-15-8-9-19(2)16(15)21/h3-7,10,15,18H,8-9,11H2,1-2H3. The number of nitrogens with zero attached hydrogens (tertiary/aromatic N) is 3. The van der Waals surface area contributed by atoms with Gasteiger partial charge >= 0.3 is 0 Å². The van der Waals surface area contributed by atoms with Gasteiger partial charge in [-0.1, -0.05) is 18.2 Å². The summed E-state index contributed by atoms with van der Waals surface area (Å²) in [5, 5.41) is 3.35. The highest BCUT2D eigenvalue weighted by molar-refractivity contribution is 5.83. The minimum Gasteiger partial charge on any atom is -0.344 e. The number of likely N-dealkylation sites (tertiary alicyclic amines) is 1. The quantitative estimate of drug-likeness (QED) is 0.925. The summed E-state index contributed by atoms with van der Waals surface area (Å²) in [6.45, 7) is 3.46. The Balaban J connectivity index is 1.77. The lowest BCUT2D eigenvalue weighted by Gasteiger charge is -2.14. The zero-order valence-corrected chi connectivity index (χ0v) is 12.4. The van der Waals surface area contributed by atoms with Crippen molar-refractivity contribution in [2.24, 2.45) is 0 Å². The first-order chi connectivity index (χ1) is 10.2. The highest BCUT2D eigenvalue weighted by Gasteiger charge is 2.28. The summed E-state index contributed by atoms with van der Waals surface area (Å²) in [5.74, 6) is 1.13. The molecular formula is C16H20N4O. The van der Waals surface area contributed by atoms with Crippen LogP contribution in [0.4, 0.5) is 0 Å². The molecule has 5 heteroatoms. The lowest BCUT2D eigenvalue weighted by Crippen LogP contribution is -2.36. The van der Waals surface area contributed by atoms with Crippen LogP contribution < -0.4 is 5.32 Å². The Kier molecular flexibility index (Phi) is 3.75. The predicted molar refractivity (Wildman–Crippen MR) is 81.2 cm³/mol. The van der Waals surface area contributed by atoms with Crippen LogP contribution in [0, 0.1) is 6.92 Å². The van der Waals surface area contributed by atoms with Crippen LogP contribution in [0.1, 0.15) is 17.9 Å². The number of rotatable bonds is 4. The minimum atomic E-state index is -0.0746. The predicted octanol–water partition coefficient (Wildman–Crippen LogP) is 1.50. The van der Waals surface area contributed by atoms with E-state index < -0.39 is 0 Å². The van der Waals surface area contributed by atoms with Crippen LogP contribution >= 0.6 is 0 Å². The Morgan fingerprint density at radius 3 is 2.76 bits per heavy atom. The number of nitrogens with one attached hydrogen (secondary N) is 1. The SMILES string of the molecule is Cc1ncc(CNC2CCN(C)C2=O)n1-c1ccccc1. The van der Waals surface area contributed by atoms with Crippen LogP contribution in [0.3, 0.4) is 0 Å². The van der Waals surface area contributed by atoms with Crippen molar-refractivity contribution in [2.45, 2.75) is 25.9 Å². The number of benzene rings is 1. The van der Waals surface area contributed by atoms with E-state index in [0.717, 1.165) is 30.2 Å². The van der Waals surface area contributed by atoms with E-state index in [-0.39, 0.29) is 11.9 Å². The van der Waals surface area contributed by atoms with Crippen molar-refractivity contribution in [3.63, 3.8) is 0 Å². The molecule has 1 aromatic carbocycles. The van der Waals surface area contributed by atoms with Crippen LogP contribution in [-0.4, -0.2) is 40.0 Å². The van der Waals surface area contributed by atoms with E-state index in [1.807, 2.05) is 38.4 Å². The Hall–Kier alpha value is -2.14. The van der Waals surface area contributed by atoms with E-state index in [4.69, 9.17) is 0 Å². The molecule has 0 bridgehead atoms. The normalized spacial score (nSPS) is 18.5. The summed E-state index contributed by atoms with van der Waals surface area (Å²) in [5.41, 5.74) is 2.17. The summed E-state index contributed by atoms with van der Waals surface area (Å²) in [4.78, 5) is 18.1. The van der Waals surface area contributed by atoms with Gasteiger partial charge in [0, 0.05) is 25.8 Å². The van der Waals surface area contributed by atoms with Gasteiger partial charge in [0.25, 0.3) is 0 Å². The third kappa shape index (κ3) is 2.69. The number of carbonyl (C=O) groups excluding carboxylic acids is 1. The van der Waals surface area contributed by atoms with Crippen molar-refractivity contribution in [3.05, 3.63) is 48.0 Å². The van der Waals surface area contributed by atoms with Gasteiger partial charge in [0.1, 0.15) is 5.82 Å². The lowest BCUT2D eigenvalue weighted by molar-refractivity contribution is -0.128. The summed E-state index contributed by atoms with van der Waals surface area (Å²) < 4.78 is 2.12. The minimum absolute atomic E-state index is 0.0746. The molecule has 0 spiro atoms. The van der Waals surface area contributed by atoms with Gasteiger partial charge < -0.3 is 10.2 Å². The van der Waals surface area contributed by atoms with E-state index in [1.165, 1.54) is 0 Å². The zero-order chi connectivity index (χ0) is 14.8. The van der Waals surface area contributed by atoms with Crippen molar-refractivity contribution in [2.75, 3.05) is 13.6 Å². The molecule has 1 aromatic heterocycles. The molecule has 0 saturated carbocycles. The fourth-order valence-corrected chi connectivity index (χ4v) is 2.79. The fraction of sp³-hybridized carbons (Fsp3) is 0.375. The number of likely N-dealkylation sites (N-methyl/N-ethyl adjacent to an activating group) is 1. The third-order valence-electron chi connectivity index (χ3n) is 3.98. The third-order valence-corrected chi connectivity index (χ3v) is 3.98. The molecule has 1 fully saturated rings. The number of carbonyl (C=O) groups is 1. The molecule has 1 aliphatic rings. The number of imidazole rings is 1. The maximum atomic E-state index is 11.9. The van der Waals surface area contributed by atoms with Crippen molar-refractivity contribution >= 4 is 5.91 Å². The first kappa shape index (κ1) is 13.8. The molecule has 21 heavy (non-hydrogen) atoms. The molecule has 1 unspecified atom stereocenters. The Bertz CT molecular complexity index is 635. The molecule has 3 rings (SSSR count). The second kappa shape index (κ2) is 5.69. The second-order valence-electron chi connectivity index (χ2n) is 5.45. The molecule has 2 aromatic rings. The molecular weight excluding hydrogens is 264 g/mol. The lowest BCUT2D eigenvalue weighted by atomic mass is 10.2. The molecule has 110 valence electrons.